The number of benzene rings is 1. The fourth-order valence-electron chi connectivity index (χ4n) is 1.31. The molecule has 0 saturated carbocycles. The van der Waals surface area contributed by atoms with Crippen molar-refractivity contribution in [1.82, 2.24) is 5.32 Å². The molecule has 1 aromatic carbocycles. The quantitative estimate of drug-likeness (QED) is 0.577. The Morgan fingerprint density at radius 3 is 2.63 bits per heavy atom. The van der Waals surface area contributed by atoms with Crippen molar-refractivity contribution in [1.29, 1.82) is 0 Å². The molecule has 1 rings (SSSR count). The molecule has 0 fully saturated rings. The number of ether oxygens (including phenoxy) is 2. The van der Waals surface area contributed by atoms with Crippen LogP contribution in [0.1, 0.15) is 5.56 Å². The number of amides is 2. The lowest BCUT2D eigenvalue weighted by molar-refractivity contribution is 0.0728. The van der Waals surface area contributed by atoms with Gasteiger partial charge in [-0.3, -0.25) is 0 Å². The number of carbonyl (C=O) groups is 1. The Morgan fingerprint density at radius 2 is 2.00 bits per heavy atom. The predicted octanol–water partition coefficient (Wildman–Crippen LogP) is 1.45. The molecule has 2 N–H and O–H groups in total. The summed E-state index contributed by atoms with van der Waals surface area (Å²) in [5.41, 5.74) is 1.47. The van der Waals surface area contributed by atoms with E-state index in [0.717, 1.165) is 5.56 Å². The molecule has 5 heteroatoms. The van der Waals surface area contributed by atoms with E-state index in [4.69, 9.17) is 15.9 Å². The van der Waals surface area contributed by atoms with Gasteiger partial charge < -0.3 is 20.1 Å². The number of hydrogen-bond donors (Lipinski definition) is 2. The maximum atomic E-state index is 11.5. The van der Waals surface area contributed by atoms with E-state index in [9.17, 15) is 4.79 Å². The Kier molecular flexibility index (Phi) is 7.10. The van der Waals surface area contributed by atoms with E-state index < -0.39 is 0 Å². The van der Waals surface area contributed by atoms with E-state index in [1.54, 1.807) is 31.4 Å². The largest absolute Gasteiger partial charge is 0.382 e. The lowest BCUT2D eigenvalue weighted by Crippen LogP contribution is -2.31. The third-order valence-corrected chi connectivity index (χ3v) is 2.27. The lowest BCUT2D eigenvalue weighted by atomic mass is 10.2. The smallest absolute Gasteiger partial charge is 0.319 e. The van der Waals surface area contributed by atoms with Gasteiger partial charge in [-0.2, -0.15) is 0 Å². The Morgan fingerprint density at radius 1 is 1.26 bits per heavy atom. The summed E-state index contributed by atoms with van der Waals surface area (Å²) in [6.07, 6.45) is 5.24. The van der Waals surface area contributed by atoms with Gasteiger partial charge in [0.25, 0.3) is 0 Å². The Hall–Kier alpha value is -2.03. The number of nitrogens with one attached hydrogen (secondary N) is 2. The molecule has 0 radical (unpaired) electrons. The number of urea groups is 1. The van der Waals surface area contributed by atoms with Gasteiger partial charge in [0.15, 0.2) is 0 Å². The van der Waals surface area contributed by atoms with Crippen molar-refractivity contribution >= 4 is 11.7 Å². The fraction of sp³-hybridized carbons (Fsp3) is 0.357. The van der Waals surface area contributed by atoms with Crippen LogP contribution in [0.2, 0.25) is 0 Å². The fourth-order valence-corrected chi connectivity index (χ4v) is 1.31. The second-order valence-electron chi connectivity index (χ2n) is 3.71. The lowest BCUT2D eigenvalue weighted by Gasteiger charge is -2.08. The summed E-state index contributed by atoms with van der Waals surface area (Å²) < 4.78 is 10.0. The molecule has 1 aromatic rings. The van der Waals surface area contributed by atoms with Gasteiger partial charge >= 0.3 is 6.03 Å². The topological polar surface area (TPSA) is 59.6 Å². The minimum atomic E-state index is -0.274. The van der Waals surface area contributed by atoms with Crippen LogP contribution in [0.15, 0.2) is 24.3 Å². The average Bonchev–Trinajstić information content (AvgIpc) is 2.43. The van der Waals surface area contributed by atoms with Gasteiger partial charge in [0.1, 0.15) is 0 Å². The van der Waals surface area contributed by atoms with Crippen molar-refractivity contribution in [2.24, 2.45) is 0 Å². The molecule has 102 valence electrons. The molecule has 0 saturated heterocycles. The highest BCUT2D eigenvalue weighted by Gasteiger charge is 2.00. The number of hydrogen-bond acceptors (Lipinski definition) is 3. The molecule has 0 aliphatic carbocycles. The summed E-state index contributed by atoms with van der Waals surface area (Å²) in [4.78, 5) is 11.5. The minimum absolute atomic E-state index is 0.274. The van der Waals surface area contributed by atoms with Gasteiger partial charge in [-0.05, 0) is 24.3 Å². The van der Waals surface area contributed by atoms with E-state index in [0.29, 0.717) is 32.1 Å². The maximum absolute atomic E-state index is 11.5. The van der Waals surface area contributed by atoms with E-state index in [2.05, 4.69) is 16.6 Å². The standard InChI is InChI=1S/C14H18N2O3/c1-3-12-4-6-13(7-5-12)16-14(17)15-8-9-19-11-10-18-2/h1,4-7H,8-11H2,2H3,(H2,15,16,17). The highest BCUT2D eigenvalue weighted by Crippen LogP contribution is 2.08. The summed E-state index contributed by atoms with van der Waals surface area (Å²) in [5.74, 6) is 2.51. The summed E-state index contributed by atoms with van der Waals surface area (Å²) in [7, 11) is 1.61. The molecule has 2 amide bonds. The SMILES string of the molecule is C#Cc1ccc(NC(=O)NCCOCCOC)cc1. The van der Waals surface area contributed by atoms with Gasteiger partial charge in [0.2, 0.25) is 0 Å². The first-order valence-corrected chi connectivity index (χ1v) is 5.94. The number of anilines is 1. The van der Waals surface area contributed by atoms with Crippen LogP contribution >= 0.6 is 0 Å². The number of terminal acetylenes is 1. The van der Waals surface area contributed by atoms with Crippen LogP contribution in [0, 0.1) is 12.3 Å². The second-order valence-corrected chi connectivity index (χ2v) is 3.71. The Balaban J connectivity index is 2.18. The van der Waals surface area contributed by atoms with Gasteiger partial charge in [-0.15, -0.1) is 6.42 Å². The summed E-state index contributed by atoms with van der Waals surface area (Å²) in [6, 6.07) is 6.77. The van der Waals surface area contributed by atoms with Crippen molar-refractivity contribution in [3.05, 3.63) is 29.8 Å². The molecular weight excluding hydrogens is 244 g/mol. The van der Waals surface area contributed by atoms with Crippen molar-refractivity contribution in [3.8, 4) is 12.3 Å². The Bertz CT molecular complexity index is 423. The summed E-state index contributed by atoms with van der Waals surface area (Å²) >= 11 is 0. The summed E-state index contributed by atoms with van der Waals surface area (Å²) in [5, 5.41) is 5.38. The third-order valence-electron chi connectivity index (χ3n) is 2.27. The van der Waals surface area contributed by atoms with Crippen LogP contribution in [0.4, 0.5) is 10.5 Å². The van der Waals surface area contributed by atoms with Gasteiger partial charge in [0.05, 0.1) is 19.8 Å². The predicted molar refractivity (Wildman–Crippen MR) is 74.1 cm³/mol. The first kappa shape index (κ1) is 15.0. The molecule has 0 aromatic heterocycles. The molecule has 0 aliphatic heterocycles. The monoisotopic (exact) mass is 262 g/mol. The number of methoxy groups -OCH3 is 1. The van der Waals surface area contributed by atoms with Gasteiger partial charge in [0, 0.05) is 24.9 Å². The Labute approximate surface area is 113 Å². The molecule has 5 nitrogen and oxygen atoms in total. The minimum Gasteiger partial charge on any atom is -0.382 e. The zero-order chi connectivity index (χ0) is 13.9. The second kappa shape index (κ2) is 8.97. The molecule has 19 heavy (non-hydrogen) atoms. The van der Waals surface area contributed by atoms with E-state index >= 15 is 0 Å². The number of carbonyl (C=O) groups excluding carboxylic acids is 1. The van der Waals surface area contributed by atoms with Crippen LogP contribution in [0.25, 0.3) is 0 Å². The van der Waals surface area contributed by atoms with Crippen molar-refractivity contribution in [3.63, 3.8) is 0 Å². The van der Waals surface area contributed by atoms with Crippen molar-refractivity contribution < 1.29 is 14.3 Å². The first-order valence-electron chi connectivity index (χ1n) is 5.94. The zero-order valence-corrected chi connectivity index (χ0v) is 10.9. The molecule has 0 unspecified atom stereocenters. The molecule has 0 aliphatic rings. The molecular formula is C14H18N2O3. The number of rotatable bonds is 7. The van der Waals surface area contributed by atoms with Gasteiger partial charge in [-0.25, -0.2) is 4.79 Å². The molecule has 0 heterocycles. The zero-order valence-electron chi connectivity index (χ0n) is 10.9. The van der Waals surface area contributed by atoms with Crippen molar-refractivity contribution in [2.75, 3.05) is 38.8 Å². The van der Waals surface area contributed by atoms with E-state index in [-0.39, 0.29) is 6.03 Å². The van der Waals surface area contributed by atoms with Crippen LogP contribution < -0.4 is 10.6 Å². The molecule has 0 atom stereocenters. The van der Waals surface area contributed by atoms with Crippen LogP contribution in [0.5, 0.6) is 0 Å². The average molecular weight is 262 g/mol. The van der Waals surface area contributed by atoms with Crippen molar-refractivity contribution in [2.45, 2.75) is 0 Å². The highest BCUT2D eigenvalue weighted by atomic mass is 16.5. The van der Waals surface area contributed by atoms with Crippen LogP contribution in [-0.4, -0.2) is 39.5 Å². The summed E-state index contributed by atoms with van der Waals surface area (Å²) in [6.45, 7) is 1.96. The highest BCUT2D eigenvalue weighted by molar-refractivity contribution is 5.89. The van der Waals surface area contributed by atoms with Gasteiger partial charge in [-0.1, -0.05) is 5.92 Å². The van der Waals surface area contributed by atoms with E-state index in [1.165, 1.54) is 0 Å². The first-order chi connectivity index (χ1) is 9.26. The molecule has 0 spiro atoms. The maximum Gasteiger partial charge on any atom is 0.319 e. The van der Waals surface area contributed by atoms with E-state index in [1.807, 2.05) is 0 Å². The molecule has 0 bridgehead atoms. The van der Waals surface area contributed by atoms with Crippen LogP contribution in [0.3, 0.4) is 0 Å². The normalized spacial score (nSPS) is 9.68. The third kappa shape index (κ3) is 6.46. The van der Waals surface area contributed by atoms with Crippen LogP contribution in [-0.2, 0) is 9.47 Å².